The highest BCUT2D eigenvalue weighted by Gasteiger charge is 2.33. The van der Waals surface area contributed by atoms with Crippen molar-refractivity contribution in [2.75, 3.05) is 65.9 Å². The van der Waals surface area contributed by atoms with E-state index in [2.05, 4.69) is 71.1 Å². The summed E-state index contributed by atoms with van der Waals surface area (Å²) in [6.07, 6.45) is 9.78. The summed E-state index contributed by atoms with van der Waals surface area (Å²) in [6, 6.07) is 17.6. The van der Waals surface area contributed by atoms with E-state index >= 15 is 0 Å². The number of thiophene rings is 1. The number of piperidine rings is 3. The number of carbonyl (C=O) groups excluding carboxylic acids is 4. The first-order valence-corrected chi connectivity index (χ1v) is 27.5. The summed E-state index contributed by atoms with van der Waals surface area (Å²) in [6.45, 7) is 9.08. The third-order valence-corrected chi connectivity index (χ3v) is 17.0. The number of carbonyl (C=O) groups is 4. The molecule has 0 spiro atoms. The average molecular weight is 1050 g/mol. The predicted octanol–water partition coefficient (Wildman–Crippen LogP) is 11.1. The van der Waals surface area contributed by atoms with Crippen molar-refractivity contribution in [2.24, 2.45) is 17.8 Å². The molecule has 2 N–H and O–H groups in total. The molecule has 0 bridgehead atoms. The maximum absolute atomic E-state index is 13.9. The number of hydrogen-bond donors (Lipinski definition) is 2. The lowest BCUT2D eigenvalue weighted by Gasteiger charge is -2.35. The zero-order chi connectivity index (χ0) is 51.3. The number of hydrogen-bond acceptors (Lipinski definition) is 11. The van der Waals surface area contributed by atoms with E-state index in [4.69, 9.17) is 42.6 Å². The quantitative estimate of drug-likeness (QED) is 0.0723. The van der Waals surface area contributed by atoms with E-state index in [0.29, 0.717) is 73.0 Å². The van der Waals surface area contributed by atoms with Crippen molar-refractivity contribution < 1.29 is 28.7 Å². The second-order valence-electron chi connectivity index (χ2n) is 20.6. The molecule has 73 heavy (non-hydrogen) atoms. The summed E-state index contributed by atoms with van der Waals surface area (Å²) in [5.41, 5.74) is 7.46. The van der Waals surface area contributed by atoms with E-state index in [-0.39, 0.29) is 42.0 Å². The summed E-state index contributed by atoms with van der Waals surface area (Å²) in [7, 11) is 5.83. The van der Waals surface area contributed by atoms with E-state index in [9.17, 15) is 19.2 Å². The number of nitrogens with one attached hydrogen (secondary N) is 2. The molecule has 1 aliphatic carbocycles. The Morgan fingerprint density at radius 1 is 0.918 bits per heavy atom. The molecule has 5 heterocycles. The number of aryl methyl sites for hydroxylation is 1. The number of amides is 4. The van der Waals surface area contributed by atoms with E-state index < -0.39 is 5.92 Å². The zero-order valence-corrected chi connectivity index (χ0v) is 44.9. The number of anilines is 1. The first kappa shape index (κ1) is 52.5. The number of likely N-dealkylation sites (tertiary alicyclic amines) is 2. The molecular weight excluding hydrogens is 982 g/mol. The topological polar surface area (TPSA) is 146 Å². The second kappa shape index (κ2) is 23.4. The number of halogens is 2. The maximum atomic E-state index is 13.9. The van der Waals surface area contributed by atoms with Crippen molar-refractivity contribution in [1.29, 1.82) is 0 Å². The molecule has 3 atom stereocenters. The number of imide groups is 1. The Labute approximate surface area is 443 Å². The number of methoxy groups -OCH3 is 1. The fourth-order valence-corrected chi connectivity index (χ4v) is 12.5. The highest BCUT2D eigenvalue weighted by Crippen LogP contribution is 2.41. The van der Waals surface area contributed by atoms with Gasteiger partial charge in [-0.05, 0) is 162 Å². The average Bonchev–Trinajstić information content (AvgIpc) is 3.88. The largest absolute Gasteiger partial charge is 0.496 e. The van der Waals surface area contributed by atoms with Crippen LogP contribution in [0.2, 0.25) is 10.0 Å². The van der Waals surface area contributed by atoms with Crippen molar-refractivity contribution in [3.05, 3.63) is 109 Å². The minimum Gasteiger partial charge on any atom is -0.496 e. The van der Waals surface area contributed by atoms with Crippen LogP contribution in [0, 0.1) is 24.7 Å². The van der Waals surface area contributed by atoms with E-state index in [1.54, 1.807) is 36.6 Å². The number of allylic oxidation sites excluding steroid dienone is 2. The van der Waals surface area contributed by atoms with E-state index in [0.717, 1.165) is 109 Å². The minimum atomic E-state index is -0.549. The van der Waals surface area contributed by atoms with Crippen LogP contribution in [0.5, 0.6) is 5.75 Å². The Morgan fingerprint density at radius 3 is 2.41 bits per heavy atom. The first-order chi connectivity index (χ1) is 35.2. The third-order valence-electron chi connectivity index (χ3n) is 15.2. The van der Waals surface area contributed by atoms with E-state index in [1.165, 1.54) is 16.0 Å². The summed E-state index contributed by atoms with van der Waals surface area (Å²) >= 11 is 14.9. The molecule has 4 amide bonds. The van der Waals surface area contributed by atoms with Crippen LogP contribution in [-0.4, -0.2) is 109 Å². The highest BCUT2D eigenvalue weighted by molar-refractivity contribution is 7.10. The normalized spacial score (nSPS) is 19.5. The molecule has 16 heteroatoms. The SMILES string of the molecule is COc1cc2nc(C)nc(N[C@H](C)c3cc(-c4c(Cl)cccc4CN(C)C)cs3)c2cc1C1=CCC(C(=O)N2CCC(CCOCC3CCN(C(=O)c4ccc(Cl)c(C5CCC(=O)NC5=O)c4)CC3)CC2)CC1. The maximum Gasteiger partial charge on any atom is 0.253 e. The lowest BCUT2D eigenvalue weighted by Crippen LogP contribution is -2.42. The van der Waals surface area contributed by atoms with Gasteiger partial charge in [0.2, 0.25) is 17.7 Å². The van der Waals surface area contributed by atoms with E-state index in [1.807, 2.05) is 30.0 Å². The molecule has 0 saturated carbocycles. The van der Waals surface area contributed by atoms with Gasteiger partial charge in [0.15, 0.2) is 0 Å². The smallest absolute Gasteiger partial charge is 0.253 e. The third kappa shape index (κ3) is 12.3. The Bertz CT molecular complexity index is 2890. The molecule has 13 nitrogen and oxygen atoms in total. The number of aromatic nitrogens is 2. The number of nitrogens with zero attached hydrogens (tertiary/aromatic N) is 5. The number of fused-ring (bicyclic) bond motifs is 1. The molecule has 386 valence electrons. The van der Waals surface area contributed by atoms with Gasteiger partial charge in [-0.25, -0.2) is 9.97 Å². The van der Waals surface area contributed by atoms with Gasteiger partial charge >= 0.3 is 0 Å². The lowest BCUT2D eigenvalue weighted by molar-refractivity contribution is -0.137. The van der Waals surface area contributed by atoms with Gasteiger partial charge in [-0.2, -0.15) is 0 Å². The van der Waals surface area contributed by atoms with Gasteiger partial charge in [0.25, 0.3) is 5.91 Å². The zero-order valence-electron chi connectivity index (χ0n) is 42.6. The standard InChI is InChI=1S/C57H67Cl2N7O6S/c1-34(51-28-42(33-73-51)53-41(31-64(3)4)7-6-8-48(53)59)60-54-46-29-44(50(71-5)30-49(46)61-35(2)62-54)38-9-11-39(12-10-38)56(69)65-22-17-36(18-23-65)21-26-72-32-37-19-24-66(25-20-37)57(70)40-13-15-47(58)45(27-40)43-14-16-52(67)63-55(43)68/h6-9,13,15,27-30,33-34,36-37,39,43H,10-12,14,16-26,31-32H2,1-5H3,(H,60,61,62)(H,63,67,68)/t34-,39?,43?/m1/s1. The summed E-state index contributed by atoms with van der Waals surface area (Å²) in [4.78, 5) is 68.6. The molecule has 4 aliphatic rings. The van der Waals surface area contributed by atoms with Crippen LogP contribution in [0.15, 0.2) is 66.1 Å². The number of rotatable bonds is 16. The van der Waals surface area contributed by atoms with Gasteiger partial charge in [0.05, 0.1) is 24.6 Å². The predicted molar refractivity (Wildman–Crippen MR) is 290 cm³/mol. The van der Waals surface area contributed by atoms with Gasteiger partial charge < -0.3 is 29.5 Å². The van der Waals surface area contributed by atoms with Gasteiger partial charge in [-0.1, -0.05) is 41.4 Å². The Balaban J connectivity index is 0.734. The number of ether oxygens (including phenoxy) is 2. The van der Waals surface area contributed by atoms with Crippen LogP contribution in [0.4, 0.5) is 5.82 Å². The lowest BCUT2D eigenvalue weighted by atomic mass is 9.84. The highest BCUT2D eigenvalue weighted by atomic mass is 35.5. The molecule has 9 rings (SSSR count). The Morgan fingerprint density at radius 2 is 1.68 bits per heavy atom. The first-order valence-electron chi connectivity index (χ1n) is 25.8. The van der Waals surface area contributed by atoms with Crippen LogP contribution in [-0.2, 0) is 25.7 Å². The van der Waals surface area contributed by atoms with Crippen molar-refractivity contribution in [3.8, 4) is 16.9 Å². The molecule has 3 aromatic carbocycles. The molecule has 3 fully saturated rings. The molecule has 3 aliphatic heterocycles. The number of benzene rings is 3. The summed E-state index contributed by atoms with van der Waals surface area (Å²) in [5.74, 6) is 2.06. The van der Waals surface area contributed by atoms with Crippen LogP contribution in [0.3, 0.4) is 0 Å². The van der Waals surface area contributed by atoms with Crippen molar-refractivity contribution >= 4 is 80.5 Å². The summed E-state index contributed by atoms with van der Waals surface area (Å²) < 4.78 is 12.2. The van der Waals surface area contributed by atoms with Gasteiger partial charge in [-0.3, -0.25) is 24.5 Å². The van der Waals surface area contributed by atoms with Gasteiger partial charge in [-0.15, -0.1) is 11.3 Å². The fraction of sp³-hybridized carbons (Fsp3) is 0.474. The van der Waals surface area contributed by atoms with Crippen LogP contribution in [0.25, 0.3) is 27.6 Å². The Kier molecular flexibility index (Phi) is 16.9. The molecule has 5 aromatic rings. The molecule has 2 aromatic heterocycles. The summed E-state index contributed by atoms with van der Waals surface area (Å²) in [5, 5.41) is 10.4. The van der Waals surface area contributed by atoms with Crippen molar-refractivity contribution in [3.63, 3.8) is 0 Å². The van der Waals surface area contributed by atoms with Crippen molar-refractivity contribution in [1.82, 2.24) is 30.0 Å². The second-order valence-corrected chi connectivity index (χ2v) is 22.4. The molecule has 3 saturated heterocycles. The minimum absolute atomic E-state index is 0.0307. The molecule has 0 radical (unpaired) electrons. The van der Waals surface area contributed by atoms with Crippen LogP contribution >= 0.6 is 34.5 Å². The van der Waals surface area contributed by atoms with Crippen LogP contribution in [0.1, 0.15) is 121 Å². The Hall–Kier alpha value is -5.38. The van der Waals surface area contributed by atoms with Crippen molar-refractivity contribution in [2.45, 2.75) is 96.6 Å². The molecular formula is C57H67Cl2N7O6S. The van der Waals surface area contributed by atoms with Crippen LogP contribution < -0.4 is 15.4 Å². The van der Waals surface area contributed by atoms with Gasteiger partial charge in [0.1, 0.15) is 17.4 Å². The van der Waals surface area contributed by atoms with Gasteiger partial charge in [0, 0.05) is 101 Å². The molecule has 2 unspecified atom stereocenters. The monoisotopic (exact) mass is 1050 g/mol. The fourth-order valence-electron chi connectivity index (χ4n) is 11.1.